The molecule has 0 aromatic carbocycles. The van der Waals surface area contributed by atoms with Gasteiger partial charge in [0.1, 0.15) is 5.76 Å². The highest BCUT2D eigenvalue weighted by molar-refractivity contribution is 6.38. The highest BCUT2D eigenvalue weighted by Gasteiger charge is 2.23. The number of hydrogen-bond acceptors (Lipinski definition) is 4. The number of ketones is 1. The van der Waals surface area contributed by atoms with Crippen molar-refractivity contribution in [2.45, 2.75) is 25.8 Å². The first-order valence-corrected chi connectivity index (χ1v) is 4.91. The van der Waals surface area contributed by atoms with E-state index in [-0.39, 0.29) is 12.3 Å². The average Bonchev–Trinajstić information content (AvgIpc) is 2.24. The highest BCUT2D eigenvalue weighted by atomic mass is 16.3. The second-order valence-electron chi connectivity index (χ2n) is 3.24. The summed E-state index contributed by atoms with van der Waals surface area (Å²) in [6.45, 7) is 4.82. The molecular formula is C10H16N2O4. The summed E-state index contributed by atoms with van der Waals surface area (Å²) in [6.07, 6.45) is 1.44. The van der Waals surface area contributed by atoms with E-state index in [1.165, 1.54) is 0 Å². The monoisotopic (exact) mass is 228 g/mol. The Morgan fingerprint density at radius 1 is 1.50 bits per heavy atom. The Kier molecular flexibility index (Phi) is 6.58. The molecule has 0 aromatic rings. The molecule has 0 aliphatic rings. The van der Waals surface area contributed by atoms with Crippen LogP contribution in [0.5, 0.6) is 0 Å². The van der Waals surface area contributed by atoms with Crippen molar-refractivity contribution < 1.29 is 19.5 Å². The van der Waals surface area contributed by atoms with Crippen molar-refractivity contribution in [2.75, 3.05) is 6.54 Å². The van der Waals surface area contributed by atoms with E-state index in [1.807, 2.05) is 6.92 Å². The SMILES string of the molecule is C=C(O)CNC(=O)C(=O)C(CCC)NC=O. The smallest absolute Gasteiger partial charge is 0.289 e. The number of aliphatic hydroxyl groups excluding tert-OH is 1. The van der Waals surface area contributed by atoms with E-state index in [4.69, 9.17) is 5.11 Å². The van der Waals surface area contributed by atoms with Gasteiger partial charge in [-0.2, -0.15) is 0 Å². The van der Waals surface area contributed by atoms with Crippen LogP contribution in [-0.4, -0.2) is 35.8 Å². The minimum absolute atomic E-state index is 0.176. The summed E-state index contributed by atoms with van der Waals surface area (Å²) < 4.78 is 0. The van der Waals surface area contributed by atoms with Gasteiger partial charge in [0.15, 0.2) is 0 Å². The Hall–Kier alpha value is -1.85. The van der Waals surface area contributed by atoms with Gasteiger partial charge in [0.2, 0.25) is 12.2 Å². The van der Waals surface area contributed by atoms with Gasteiger partial charge in [-0.15, -0.1) is 0 Å². The number of hydrogen-bond donors (Lipinski definition) is 3. The molecule has 0 aliphatic heterocycles. The van der Waals surface area contributed by atoms with Gasteiger partial charge in [-0.1, -0.05) is 19.9 Å². The largest absolute Gasteiger partial charge is 0.511 e. The summed E-state index contributed by atoms with van der Waals surface area (Å²) in [4.78, 5) is 33.0. The zero-order valence-electron chi connectivity index (χ0n) is 9.16. The summed E-state index contributed by atoms with van der Waals surface area (Å²) in [5.41, 5.74) is 0. The van der Waals surface area contributed by atoms with Crippen molar-refractivity contribution in [1.82, 2.24) is 10.6 Å². The Balaban J connectivity index is 4.30. The Labute approximate surface area is 93.7 Å². The van der Waals surface area contributed by atoms with Crippen molar-refractivity contribution in [2.24, 2.45) is 0 Å². The minimum atomic E-state index is -0.844. The van der Waals surface area contributed by atoms with Crippen molar-refractivity contribution in [3.63, 3.8) is 0 Å². The maximum absolute atomic E-state index is 11.5. The summed E-state index contributed by atoms with van der Waals surface area (Å²) in [5, 5.41) is 13.2. The summed E-state index contributed by atoms with van der Waals surface area (Å²) in [6, 6.07) is -0.811. The fraction of sp³-hybridized carbons (Fsp3) is 0.500. The third-order valence-electron chi connectivity index (χ3n) is 1.84. The molecule has 0 rings (SSSR count). The van der Waals surface area contributed by atoms with Crippen molar-refractivity contribution in [3.05, 3.63) is 12.3 Å². The van der Waals surface area contributed by atoms with Gasteiger partial charge < -0.3 is 15.7 Å². The lowest BCUT2D eigenvalue weighted by atomic mass is 10.1. The Morgan fingerprint density at radius 3 is 2.56 bits per heavy atom. The van der Waals surface area contributed by atoms with Crippen LogP contribution in [-0.2, 0) is 14.4 Å². The third kappa shape index (κ3) is 5.14. The van der Waals surface area contributed by atoms with Crippen molar-refractivity contribution in [1.29, 1.82) is 0 Å². The minimum Gasteiger partial charge on any atom is -0.511 e. The molecule has 0 saturated heterocycles. The predicted octanol–water partition coefficient (Wildman–Crippen LogP) is -0.342. The number of Topliss-reactive ketones (excluding diaryl/α,β-unsaturated/α-hetero) is 1. The molecule has 1 unspecified atom stereocenters. The van der Waals surface area contributed by atoms with E-state index in [1.54, 1.807) is 0 Å². The van der Waals surface area contributed by atoms with Crippen LogP contribution in [0.2, 0.25) is 0 Å². The third-order valence-corrected chi connectivity index (χ3v) is 1.84. The first-order chi connectivity index (χ1) is 7.52. The first-order valence-electron chi connectivity index (χ1n) is 4.91. The normalized spacial score (nSPS) is 11.3. The lowest BCUT2D eigenvalue weighted by Crippen LogP contribution is -2.45. The van der Waals surface area contributed by atoms with Gasteiger partial charge in [-0.05, 0) is 6.42 Å². The lowest BCUT2D eigenvalue weighted by Gasteiger charge is -2.13. The zero-order valence-corrected chi connectivity index (χ0v) is 9.16. The molecule has 0 saturated carbocycles. The van der Waals surface area contributed by atoms with Crippen LogP contribution in [0.1, 0.15) is 19.8 Å². The molecule has 6 nitrogen and oxygen atoms in total. The predicted molar refractivity (Wildman–Crippen MR) is 57.7 cm³/mol. The van der Waals surface area contributed by atoms with E-state index >= 15 is 0 Å². The van der Waals surface area contributed by atoms with Crippen molar-refractivity contribution >= 4 is 18.1 Å². The molecular weight excluding hydrogens is 212 g/mol. The standard InChI is InChI=1S/C10H16N2O4/c1-3-4-8(12-6-13)9(15)10(16)11-5-7(2)14/h6,8,14H,2-5H2,1H3,(H,11,16)(H,12,13). The van der Waals surface area contributed by atoms with Crippen LogP contribution in [0, 0.1) is 0 Å². The molecule has 1 atom stereocenters. The molecule has 90 valence electrons. The van der Waals surface area contributed by atoms with Crippen LogP contribution >= 0.6 is 0 Å². The second-order valence-corrected chi connectivity index (χ2v) is 3.24. The van der Waals surface area contributed by atoms with Crippen LogP contribution in [0.15, 0.2) is 12.3 Å². The fourth-order valence-corrected chi connectivity index (χ4v) is 1.09. The average molecular weight is 228 g/mol. The molecule has 0 radical (unpaired) electrons. The topological polar surface area (TPSA) is 95.5 Å². The van der Waals surface area contributed by atoms with Crippen LogP contribution < -0.4 is 10.6 Å². The fourth-order valence-electron chi connectivity index (χ4n) is 1.09. The Bertz CT molecular complexity index is 289. The van der Waals surface area contributed by atoms with Crippen molar-refractivity contribution in [3.8, 4) is 0 Å². The molecule has 2 amide bonds. The first kappa shape index (κ1) is 14.2. The zero-order chi connectivity index (χ0) is 12.6. The van der Waals surface area contributed by atoms with Gasteiger partial charge >= 0.3 is 0 Å². The van der Waals surface area contributed by atoms with Gasteiger partial charge in [-0.3, -0.25) is 14.4 Å². The lowest BCUT2D eigenvalue weighted by molar-refractivity contribution is -0.139. The van der Waals surface area contributed by atoms with E-state index in [0.29, 0.717) is 19.3 Å². The van der Waals surface area contributed by atoms with Crippen LogP contribution in [0.25, 0.3) is 0 Å². The second kappa shape index (κ2) is 7.44. The van der Waals surface area contributed by atoms with Gasteiger partial charge in [0.05, 0.1) is 12.6 Å². The van der Waals surface area contributed by atoms with Gasteiger partial charge in [0.25, 0.3) is 5.91 Å². The molecule has 0 spiro atoms. The summed E-state index contributed by atoms with van der Waals surface area (Å²) in [5.74, 6) is -1.81. The molecule has 0 aliphatic carbocycles. The molecule has 6 heteroatoms. The van der Waals surface area contributed by atoms with Crippen LogP contribution in [0.3, 0.4) is 0 Å². The number of aliphatic hydroxyl groups is 1. The van der Waals surface area contributed by atoms with Crippen LogP contribution in [0.4, 0.5) is 0 Å². The number of amides is 2. The maximum atomic E-state index is 11.5. The number of nitrogens with one attached hydrogen (secondary N) is 2. The van der Waals surface area contributed by atoms with E-state index in [0.717, 1.165) is 0 Å². The van der Waals surface area contributed by atoms with E-state index < -0.39 is 17.7 Å². The number of carbonyl (C=O) groups excluding carboxylic acids is 3. The Morgan fingerprint density at radius 2 is 2.12 bits per heavy atom. The number of rotatable bonds is 8. The summed E-state index contributed by atoms with van der Waals surface area (Å²) >= 11 is 0. The molecule has 0 heterocycles. The quantitative estimate of drug-likeness (QED) is 0.301. The molecule has 3 N–H and O–H groups in total. The number of carbonyl (C=O) groups is 3. The maximum Gasteiger partial charge on any atom is 0.289 e. The van der Waals surface area contributed by atoms with Gasteiger partial charge in [-0.25, -0.2) is 0 Å². The van der Waals surface area contributed by atoms with E-state index in [2.05, 4.69) is 17.2 Å². The molecule has 16 heavy (non-hydrogen) atoms. The highest BCUT2D eigenvalue weighted by Crippen LogP contribution is 1.97. The van der Waals surface area contributed by atoms with E-state index in [9.17, 15) is 14.4 Å². The molecule has 0 aromatic heterocycles. The van der Waals surface area contributed by atoms with Gasteiger partial charge in [0, 0.05) is 0 Å². The molecule has 0 bridgehead atoms. The molecule has 0 fully saturated rings. The summed E-state index contributed by atoms with van der Waals surface area (Å²) in [7, 11) is 0.